The number of aromatic amines is 1. The first-order valence-electron chi connectivity index (χ1n) is 4.51. The van der Waals surface area contributed by atoms with Crippen molar-refractivity contribution in [3.8, 4) is 0 Å². The highest BCUT2D eigenvalue weighted by molar-refractivity contribution is 7.92. The Bertz CT molecular complexity index is 550. The van der Waals surface area contributed by atoms with Gasteiger partial charge in [-0.05, 0) is 18.2 Å². The summed E-state index contributed by atoms with van der Waals surface area (Å²) >= 11 is 0. The van der Waals surface area contributed by atoms with E-state index in [4.69, 9.17) is 0 Å². The Morgan fingerprint density at radius 1 is 1.31 bits per heavy atom. The fraction of sp³-hybridized carbons (Fsp3) is 0.111. The van der Waals surface area contributed by atoms with Crippen molar-refractivity contribution in [2.24, 2.45) is 0 Å². The number of pyridine rings is 1. The number of hydrogen-bond acceptors (Lipinski definition) is 4. The molecule has 0 amide bonds. The molecule has 0 spiro atoms. The summed E-state index contributed by atoms with van der Waals surface area (Å²) in [7, 11) is -2.11. The molecule has 0 atom stereocenters. The molecule has 0 radical (unpaired) electrons. The molecule has 2 rings (SSSR count). The van der Waals surface area contributed by atoms with Crippen molar-refractivity contribution >= 4 is 15.7 Å². The van der Waals surface area contributed by atoms with E-state index in [-0.39, 0.29) is 5.03 Å². The Morgan fingerprint density at radius 3 is 2.69 bits per heavy atom. The molecule has 84 valence electrons. The first-order valence-corrected chi connectivity index (χ1v) is 5.95. The number of aromatic nitrogens is 3. The molecule has 7 heteroatoms. The van der Waals surface area contributed by atoms with Gasteiger partial charge in [-0.3, -0.25) is 14.4 Å². The summed E-state index contributed by atoms with van der Waals surface area (Å²) in [6.45, 7) is 0. The fourth-order valence-corrected chi connectivity index (χ4v) is 2.29. The zero-order chi connectivity index (χ0) is 11.6. The minimum absolute atomic E-state index is 0.0545. The van der Waals surface area contributed by atoms with Gasteiger partial charge in [0.2, 0.25) is 0 Å². The van der Waals surface area contributed by atoms with E-state index in [1.54, 1.807) is 18.3 Å². The lowest BCUT2D eigenvalue weighted by Crippen LogP contribution is -2.26. The second-order valence-electron chi connectivity index (χ2n) is 3.10. The Labute approximate surface area is 93.0 Å². The van der Waals surface area contributed by atoms with Crippen LogP contribution in [0.5, 0.6) is 0 Å². The van der Waals surface area contributed by atoms with Crippen LogP contribution in [-0.2, 0) is 10.0 Å². The lowest BCUT2D eigenvalue weighted by atomic mass is 10.4. The maximum absolute atomic E-state index is 12.0. The van der Waals surface area contributed by atoms with Crippen molar-refractivity contribution in [2.45, 2.75) is 5.03 Å². The molecule has 16 heavy (non-hydrogen) atoms. The predicted octanol–water partition coefficient (Wildman–Crippen LogP) is 0.630. The van der Waals surface area contributed by atoms with Crippen LogP contribution >= 0.6 is 0 Å². The number of sulfonamides is 1. The van der Waals surface area contributed by atoms with Crippen molar-refractivity contribution in [3.63, 3.8) is 0 Å². The Kier molecular flexibility index (Phi) is 2.61. The molecule has 2 aromatic heterocycles. The highest BCUT2D eigenvalue weighted by Crippen LogP contribution is 2.18. The first-order chi connectivity index (χ1) is 7.62. The monoisotopic (exact) mass is 238 g/mol. The molecule has 0 saturated heterocycles. The second kappa shape index (κ2) is 3.93. The normalized spacial score (nSPS) is 11.3. The van der Waals surface area contributed by atoms with Gasteiger partial charge in [0.15, 0.2) is 5.03 Å². The molecule has 2 heterocycles. The van der Waals surface area contributed by atoms with Crippen LogP contribution in [0.4, 0.5) is 5.69 Å². The van der Waals surface area contributed by atoms with Gasteiger partial charge in [0.1, 0.15) is 0 Å². The summed E-state index contributed by atoms with van der Waals surface area (Å²) in [6.07, 6.45) is 4.46. The Hall–Kier alpha value is -1.89. The predicted molar refractivity (Wildman–Crippen MR) is 58.4 cm³/mol. The summed E-state index contributed by atoms with van der Waals surface area (Å²) in [6, 6.07) is 4.75. The first kappa shape index (κ1) is 10.6. The topological polar surface area (TPSA) is 79.0 Å². The van der Waals surface area contributed by atoms with Crippen LogP contribution in [0.25, 0.3) is 0 Å². The van der Waals surface area contributed by atoms with E-state index in [2.05, 4.69) is 15.2 Å². The van der Waals surface area contributed by atoms with Crippen molar-refractivity contribution < 1.29 is 8.42 Å². The van der Waals surface area contributed by atoms with Gasteiger partial charge in [-0.2, -0.15) is 13.5 Å². The summed E-state index contributed by atoms with van der Waals surface area (Å²) in [4.78, 5) is 3.87. The van der Waals surface area contributed by atoms with E-state index >= 15 is 0 Å². The van der Waals surface area contributed by atoms with Crippen LogP contribution in [0, 0.1) is 0 Å². The zero-order valence-corrected chi connectivity index (χ0v) is 9.35. The van der Waals surface area contributed by atoms with Crippen LogP contribution < -0.4 is 4.31 Å². The number of nitrogens with zero attached hydrogens (tertiary/aromatic N) is 3. The maximum atomic E-state index is 12.0. The fourth-order valence-electron chi connectivity index (χ4n) is 1.21. The quantitative estimate of drug-likeness (QED) is 0.850. The van der Waals surface area contributed by atoms with Gasteiger partial charge >= 0.3 is 0 Å². The van der Waals surface area contributed by atoms with E-state index in [0.717, 1.165) is 4.31 Å². The van der Waals surface area contributed by atoms with Gasteiger partial charge < -0.3 is 0 Å². The third kappa shape index (κ3) is 1.76. The number of hydrogen-bond donors (Lipinski definition) is 1. The number of H-pyrrole nitrogens is 1. The minimum Gasteiger partial charge on any atom is -0.267 e. The molecule has 0 aliphatic rings. The molecule has 2 aromatic rings. The molecule has 6 nitrogen and oxygen atoms in total. The molecule has 0 aromatic carbocycles. The zero-order valence-electron chi connectivity index (χ0n) is 8.53. The average molecular weight is 238 g/mol. The van der Waals surface area contributed by atoms with Gasteiger partial charge in [-0.25, -0.2) is 0 Å². The largest absolute Gasteiger partial charge is 0.281 e. The molecule has 0 aliphatic carbocycles. The molecule has 0 saturated carbocycles. The Balaban J connectivity index is 2.40. The minimum atomic E-state index is -3.57. The number of anilines is 1. The van der Waals surface area contributed by atoms with Crippen LogP contribution in [0.1, 0.15) is 0 Å². The maximum Gasteiger partial charge on any atom is 0.281 e. The molecular weight excluding hydrogens is 228 g/mol. The number of rotatable bonds is 3. The SMILES string of the molecule is CN(c1cccnc1)S(=O)(=O)c1ccn[nH]1. The molecule has 0 aliphatic heterocycles. The third-order valence-electron chi connectivity index (χ3n) is 2.12. The van der Waals surface area contributed by atoms with Crippen molar-refractivity contribution in [3.05, 3.63) is 36.8 Å². The molecular formula is C9H10N4O2S. The lowest BCUT2D eigenvalue weighted by Gasteiger charge is -2.17. The van der Waals surface area contributed by atoms with E-state index in [1.807, 2.05) is 0 Å². The van der Waals surface area contributed by atoms with E-state index in [0.29, 0.717) is 5.69 Å². The molecule has 1 N–H and O–H groups in total. The number of nitrogens with one attached hydrogen (secondary N) is 1. The summed E-state index contributed by atoms with van der Waals surface area (Å²) in [5, 5.41) is 6.10. The summed E-state index contributed by atoms with van der Waals surface area (Å²) in [5.74, 6) is 0. The highest BCUT2D eigenvalue weighted by Gasteiger charge is 2.22. The van der Waals surface area contributed by atoms with Gasteiger partial charge in [-0.15, -0.1) is 0 Å². The van der Waals surface area contributed by atoms with Gasteiger partial charge in [-0.1, -0.05) is 0 Å². The van der Waals surface area contributed by atoms with Crippen molar-refractivity contribution in [2.75, 3.05) is 11.4 Å². The van der Waals surface area contributed by atoms with Crippen LogP contribution in [-0.4, -0.2) is 30.6 Å². The highest BCUT2D eigenvalue weighted by atomic mass is 32.2. The van der Waals surface area contributed by atoms with Crippen LogP contribution in [0.15, 0.2) is 41.8 Å². The van der Waals surface area contributed by atoms with Gasteiger partial charge in [0.05, 0.1) is 18.1 Å². The smallest absolute Gasteiger partial charge is 0.267 e. The molecule has 0 bridgehead atoms. The Morgan fingerprint density at radius 2 is 2.12 bits per heavy atom. The summed E-state index contributed by atoms with van der Waals surface area (Å²) in [5.41, 5.74) is 0.497. The second-order valence-corrected chi connectivity index (χ2v) is 5.04. The van der Waals surface area contributed by atoms with Crippen molar-refractivity contribution in [1.29, 1.82) is 0 Å². The average Bonchev–Trinajstić information content (AvgIpc) is 2.83. The summed E-state index contributed by atoms with van der Waals surface area (Å²) < 4.78 is 25.2. The van der Waals surface area contributed by atoms with Crippen molar-refractivity contribution in [1.82, 2.24) is 15.2 Å². The van der Waals surface area contributed by atoms with E-state index < -0.39 is 10.0 Å². The van der Waals surface area contributed by atoms with Gasteiger partial charge in [0.25, 0.3) is 10.0 Å². The third-order valence-corrected chi connectivity index (χ3v) is 3.84. The van der Waals surface area contributed by atoms with Crippen LogP contribution in [0.3, 0.4) is 0 Å². The van der Waals surface area contributed by atoms with Gasteiger partial charge in [0, 0.05) is 13.2 Å². The van der Waals surface area contributed by atoms with E-state index in [9.17, 15) is 8.42 Å². The van der Waals surface area contributed by atoms with Crippen LogP contribution in [0.2, 0.25) is 0 Å². The standard InChI is InChI=1S/C9H10N4O2S/c1-13(8-3-2-5-10-7-8)16(14,15)9-4-6-11-12-9/h2-7H,1H3,(H,11,12). The lowest BCUT2D eigenvalue weighted by molar-refractivity contribution is 0.590. The molecule has 0 unspecified atom stereocenters. The molecule has 0 fully saturated rings. The van der Waals surface area contributed by atoms with E-state index in [1.165, 1.54) is 25.5 Å².